The molecule has 0 fully saturated rings. The molecular weight excluding hydrogens is 264 g/mol. The van der Waals surface area contributed by atoms with Gasteiger partial charge < -0.3 is 10.1 Å². The molecule has 0 atom stereocenters. The van der Waals surface area contributed by atoms with Crippen LogP contribution in [0, 0.1) is 17.8 Å². The summed E-state index contributed by atoms with van der Waals surface area (Å²) in [4.78, 5) is 2.89. The molecule has 0 aliphatic heterocycles. The van der Waals surface area contributed by atoms with E-state index in [0.717, 1.165) is 0 Å². The van der Waals surface area contributed by atoms with Gasteiger partial charge in [0.2, 0.25) is 10.0 Å². The number of aliphatic hydroxyl groups is 1. The Hall–Kier alpha value is -0.850. The van der Waals surface area contributed by atoms with Crippen molar-refractivity contribution in [1.82, 2.24) is 9.71 Å². The van der Waals surface area contributed by atoms with E-state index in [9.17, 15) is 8.42 Å². The van der Waals surface area contributed by atoms with E-state index >= 15 is 0 Å². The Morgan fingerprint density at radius 1 is 1.26 bits per heavy atom. The summed E-state index contributed by atoms with van der Waals surface area (Å²) in [6.45, 7) is 8.62. The largest absolute Gasteiger partial charge is 0.390 e. The van der Waals surface area contributed by atoms with Gasteiger partial charge in [-0.15, -0.1) is 0 Å². The zero-order chi connectivity index (χ0) is 14.6. The number of H-pyrrole nitrogens is 1. The molecule has 5 nitrogen and oxygen atoms in total. The average molecular weight is 288 g/mol. The fourth-order valence-electron chi connectivity index (χ4n) is 2.20. The summed E-state index contributed by atoms with van der Waals surface area (Å²) in [5.41, 5.74) is 0.490. The number of nitrogens with one attached hydrogen (secondary N) is 2. The zero-order valence-electron chi connectivity index (χ0n) is 12.0. The number of aromatic amines is 1. The van der Waals surface area contributed by atoms with Crippen molar-refractivity contribution in [3.05, 3.63) is 18.0 Å². The van der Waals surface area contributed by atoms with Crippen LogP contribution in [0.1, 0.15) is 33.4 Å². The van der Waals surface area contributed by atoms with E-state index in [1.54, 1.807) is 0 Å². The summed E-state index contributed by atoms with van der Waals surface area (Å²) in [5.74, 6) is 1.13. The third-order valence-electron chi connectivity index (χ3n) is 3.42. The smallest absolute Gasteiger partial charge is 0.242 e. The van der Waals surface area contributed by atoms with E-state index in [0.29, 0.717) is 30.0 Å². The Kier molecular flexibility index (Phi) is 5.58. The SMILES string of the molecule is CC(C)C(CNS(=O)(=O)c1c[nH]c(CO)c1)C(C)C. The molecule has 0 spiro atoms. The molecule has 1 rings (SSSR count). The Morgan fingerprint density at radius 2 is 1.84 bits per heavy atom. The van der Waals surface area contributed by atoms with Crippen LogP contribution in [0.25, 0.3) is 0 Å². The summed E-state index contributed by atoms with van der Waals surface area (Å²) >= 11 is 0. The molecule has 0 amide bonds. The van der Waals surface area contributed by atoms with Crippen molar-refractivity contribution in [2.24, 2.45) is 17.8 Å². The Labute approximate surface area is 115 Å². The molecule has 3 N–H and O–H groups in total. The summed E-state index contributed by atoms with van der Waals surface area (Å²) < 4.78 is 26.8. The molecule has 0 aliphatic rings. The number of hydrogen-bond acceptors (Lipinski definition) is 3. The molecule has 0 aromatic carbocycles. The van der Waals surface area contributed by atoms with Crippen molar-refractivity contribution in [2.45, 2.75) is 39.2 Å². The minimum Gasteiger partial charge on any atom is -0.390 e. The van der Waals surface area contributed by atoms with Crippen LogP contribution in [-0.4, -0.2) is 25.1 Å². The van der Waals surface area contributed by atoms with Crippen molar-refractivity contribution in [3.8, 4) is 0 Å². The zero-order valence-corrected chi connectivity index (χ0v) is 12.8. The van der Waals surface area contributed by atoms with Gasteiger partial charge in [0.05, 0.1) is 11.5 Å². The number of rotatable bonds is 7. The van der Waals surface area contributed by atoms with Gasteiger partial charge >= 0.3 is 0 Å². The van der Waals surface area contributed by atoms with Crippen molar-refractivity contribution in [2.75, 3.05) is 6.54 Å². The lowest BCUT2D eigenvalue weighted by molar-refractivity contribution is 0.277. The van der Waals surface area contributed by atoms with Gasteiger partial charge in [0.25, 0.3) is 0 Å². The van der Waals surface area contributed by atoms with Crippen molar-refractivity contribution in [1.29, 1.82) is 0 Å². The third kappa shape index (κ3) is 4.33. The highest BCUT2D eigenvalue weighted by molar-refractivity contribution is 7.89. The van der Waals surface area contributed by atoms with E-state index in [1.807, 2.05) is 0 Å². The number of sulfonamides is 1. The maximum atomic E-state index is 12.1. The monoisotopic (exact) mass is 288 g/mol. The number of aromatic nitrogens is 1. The summed E-state index contributed by atoms with van der Waals surface area (Å²) in [6.07, 6.45) is 1.40. The lowest BCUT2D eigenvalue weighted by Crippen LogP contribution is -2.33. The van der Waals surface area contributed by atoms with Gasteiger partial charge in [-0.2, -0.15) is 0 Å². The van der Waals surface area contributed by atoms with Crippen LogP contribution in [0.4, 0.5) is 0 Å². The van der Waals surface area contributed by atoms with Crippen LogP contribution >= 0.6 is 0 Å². The standard InChI is InChI=1S/C13H24N2O3S/c1-9(2)13(10(3)4)7-15-19(17,18)12-5-11(8-16)14-6-12/h5-6,9-10,13-16H,7-8H2,1-4H3. The molecule has 1 heterocycles. The molecule has 1 aromatic heterocycles. The molecular formula is C13H24N2O3S. The second kappa shape index (κ2) is 6.54. The van der Waals surface area contributed by atoms with Crippen molar-refractivity contribution >= 4 is 10.0 Å². The van der Waals surface area contributed by atoms with Gasteiger partial charge in [-0.05, 0) is 23.8 Å². The van der Waals surface area contributed by atoms with Crippen LogP contribution in [0.5, 0.6) is 0 Å². The first-order chi connectivity index (χ1) is 8.77. The highest BCUT2D eigenvalue weighted by Gasteiger charge is 2.22. The normalized spacial score (nSPS) is 12.8. The Morgan fingerprint density at radius 3 is 2.26 bits per heavy atom. The lowest BCUT2D eigenvalue weighted by atomic mass is 9.86. The fourth-order valence-corrected chi connectivity index (χ4v) is 3.29. The van der Waals surface area contributed by atoms with E-state index < -0.39 is 10.0 Å². The molecule has 1 aromatic rings. The number of hydrogen-bond donors (Lipinski definition) is 3. The molecule has 6 heteroatoms. The minimum absolute atomic E-state index is 0.169. The van der Waals surface area contributed by atoms with E-state index in [1.165, 1.54) is 12.3 Å². The quantitative estimate of drug-likeness (QED) is 0.714. The second-order valence-corrected chi connectivity index (χ2v) is 7.29. The maximum absolute atomic E-state index is 12.1. The summed E-state index contributed by atoms with van der Waals surface area (Å²) in [6, 6.07) is 1.45. The highest BCUT2D eigenvalue weighted by Crippen LogP contribution is 2.20. The third-order valence-corrected chi connectivity index (χ3v) is 4.82. The summed E-state index contributed by atoms with van der Waals surface area (Å²) in [7, 11) is -3.50. The fraction of sp³-hybridized carbons (Fsp3) is 0.692. The van der Waals surface area contributed by atoms with Gasteiger partial charge in [0, 0.05) is 18.4 Å². The molecule has 19 heavy (non-hydrogen) atoms. The van der Waals surface area contributed by atoms with E-state index in [2.05, 4.69) is 37.4 Å². The number of aliphatic hydroxyl groups excluding tert-OH is 1. The van der Waals surface area contributed by atoms with Gasteiger partial charge in [0.15, 0.2) is 0 Å². The second-order valence-electron chi connectivity index (χ2n) is 5.52. The first-order valence-electron chi connectivity index (χ1n) is 6.55. The van der Waals surface area contributed by atoms with Crippen molar-refractivity contribution < 1.29 is 13.5 Å². The highest BCUT2D eigenvalue weighted by atomic mass is 32.2. The topological polar surface area (TPSA) is 82.2 Å². The molecule has 0 unspecified atom stereocenters. The minimum atomic E-state index is -3.50. The van der Waals surface area contributed by atoms with Crippen LogP contribution < -0.4 is 4.72 Å². The van der Waals surface area contributed by atoms with Crippen molar-refractivity contribution in [3.63, 3.8) is 0 Å². The molecule has 0 radical (unpaired) electrons. The predicted octanol–water partition coefficient (Wildman–Crippen LogP) is 1.71. The predicted molar refractivity (Wildman–Crippen MR) is 75.1 cm³/mol. The molecule has 0 aliphatic carbocycles. The summed E-state index contributed by atoms with van der Waals surface area (Å²) in [5, 5.41) is 8.93. The maximum Gasteiger partial charge on any atom is 0.242 e. The molecule has 0 bridgehead atoms. The van der Waals surface area contributed by atoms with Gasteiger partial charge in [-0.1, -0.05) is 27.7 Å². The van der Waals surface area contributed by atoms with E-state index in [-0.39, 0.29) is 11.5 Å². The average Bonchev–Trinajstić information content (AvgIpc) is 2.77. The first kappa shape index (κ1) is 16.2. The van der Waals surface area contributed by atoms with Gasteiger partial charge in [-0.3, -0.25) is 0 Å². The van der Waals surface area contributed by atoms with Crippen LogP contribution in [0.3, 0.4) is 0 Å². The van der Waals surface area contributed by atoms with Crippen LogP contribution in [-0.2, 0) is 16.6 Å². The molecule has 0 saturated carbocycles. The molecule has 110 valence electrons. The molecule has 0 saturated heterocycles. The first-order valence-corrected chi connectivity index (χ1v) is 8.04. The Bertz CT molecular complexity index is 484. The van der Waals surface area contributed by atoms with Crippen LogP contribution in [0.15, 0.2) is 17.2 Å². The lowest BCUT2D eigenvalue weighted by Gasteiger charge is -2.24. The Balaban J connectivity index is 2.74. The van der Waals surface area contributed by atoms with Gasteiger partial charge in [0.1, 0.15) is 0 Å². The van der Waals surface area contributed by atoms with E-state index in [4.69, 9.17) is 5.11 Å². The van der Waals surface area contributed by atoms with Gasteiger partial charge in [-0.25, -0.2) is 13.1 Å². The van der Waals surface area contributed by atoms with Crippen LogP contribution in [0.2, 0.25) is 0 Å².